The first-order chi connectivity index (χ1) is 11.5. The summed E-state index contributed by atoms with van der Waals surface area (Å²) in [5.74, 6) is 0.189. The average molecular weight is 326 g/mol. The Hall–Kier alpha value is -2.76. The predicted octanol–water partition coefficient (Wildman–Crippen LogP) is 3.18. The van der Waals surface area contributed by atoms with Gasteiger partial charge in [0.15, 0.2) is 6.17 Å². The van der Waals surface area contributed by atoms with Crippen LogP contribution in [0.1, 0.15) is 48.3 Å². The Morgan fingerprint density at radius 2 is 2.00 bits per heavy atom. The summed E-state index contributed by atoms with van der Waals surface area (Å²) in [6.45, 7) is 1.26. The Labute approximate surface area is 136 Å². The lowest BCUT2D eigenvalue weighted by Gasteiger charge is -2.06. The first-order valence-electron chi connectivity index (χ1n) is 7.81. The van der Waals surface area contributed by atoms with E-state index in [0.717, 1.165) is 6.42 Å². The van der Waals surface area contributed by atoms with Crippen molar-refractivity contribution in [3.63, 3.8) is 0 Å². The van der Waals surface area contributed by atoms with Crippen LogP contribution in [0.2, 0.25) is 0 Å². The van der Waals surface area contributed by atoms with Crippen LogP contribution in [-0.4, -0.2) is 9.97 Å². The standard InChI is InChI=1S/C18H15FN2O3/c1-9(19)16-20-17(23)15-13(8-14(22)24-18(15)21-16)12-7-11(12)10-5-3-2-4-6-10/h2-6,8-9,11-12H,7H2,1H3,(H,20,21,23)/t9?,11-,12?/m0/s1. The highest BCUT2D eigenvalue weighted by molar-refractivity contribution is 5.77. The zero-order chi connectivity index (χ0) is 16.8. The van der Waals surface area contributed by atoms with Gasteiger partial charge in [-0.1, -0.05) is 30.3 Å². The number of hydrogen-bond donors (Lipinski definition) is 1. The second-order valence-corrected chi connectivity index (χ2v) is 6.13. The molecule has 6 heteroatoms. The summed E-state index contributed by atoms with van der Waals surface area (Å²) in [6, 6.07) is 11.3. The van der Waals surface area contributed by atoms with Crippen molar-refractivity contribution in [3.05, 3.63) is 74.1 Å². The molecular formula is C18H15FN2O3. The van der Waals surface area contributed by atoms with E-state index in [1.165, 1.54) is 18.6 Å². The average Bonchev–Trinajstić information content (AvgIpc) is 3.35. The zero-order valence-electron chi connectivity index (χ0n) is 13.0. The largest absolute Gasteiger partial charge is 0.403 e. The minimum Gasteiger partial charge on any atom is -0.403 e. The van der Waals surface area contributed by atoms with E-state index in [2.05, 4.69) is 9.97 Å². The van der Waals surface area contributed by atoms with Gasteiger partial charge >= 0.3 is 5.63 Å². The number of benzene rings is 1. The van der Waals surface area contributed by atoms with Crippen molar-refractivity contribution in [2.75, 3.05) is 0 Å². The van der Waals surface area contributed by atoms with E-state index in [4.69, 9.17) is 4.42 Å². The van der Waals surface area contributed by atoms with Crippen molar-refractivity contribution in [3.8, 4) is 0 Å². The Balaban J connectivity index is 1.85. The molecule has 3 atom stereocenters. The molecule has 0 radical (unpaired) electrons. The molecule has 1 fully saturated rings. The molecule has 1 aliphatic carbocycles. The van der Waals surface area contributed by atoms with Crippen molar-refractivity contribution in [1.29, 1.82) is 0 Å². The highest BCUT2D eigenvalue weighted by Gasteiger charge is 2.41. The van der Waals surface area contributed by atoms with Gasteiger partial charge in [-0.3, -0.25) is 4.79 Å². The van der Waals surface area contributed by atoms with Gasteiger partial charge in [0.25, 0.3) is 5.56 Å². The Bertz CT molecular complexity index is 1020. The van der Waals surface area contributed by atoms with E-state index in [-0.39, 0.29) is 28.8 Å². The van der Waals surface area contributed by atoms with E-state index in [1.54, 1.807) is 0 Å². The Morgan fingerprint density at radius 3 is 2.71 bits per heavy atom. The van der Waals surface area contributed by atoms with Gasteiger partial charge in [-0.15, -0.1) is 0 Å². The molecule has 2 aromatic heterocycles. The number of alkyl halides is 1. The van der Waals surface area contributed by atoms with Crippen molar-refractivity contribution in [2.24, 2.45) is 0 Å². The van der Waals surface area contributed by atoms with E-state index in [1.807, 2.05) is 30.3 Å². The number of hydrogen-bond acceptors (Lipinski definition) is 4. The highest BCUT2D eigenvalue weighted by Crippen LogP contribution is 2.55. The lowest BCUT2D eigenvalue weighted by molar-refractivity contribution is 0.355. The molecule has 0 bridgehead atoms. The third-order valence-corrected chi connectivity index (χ3v) is 4.46. The van der Waals surface area contributed by atoms with Gasteiger partial charge in [0.2, 0.25) is 5.71 Å². The lowest BCUT2D eigenvalue weighted by atomic mass is 10.0. The number of nitrogens with one attached hydrogen (secondary N) is 1. The fourth-order valence-corrected chi connectivity index (χ4v) is 3.21. The van der Waals surface area contributed by atoms with E-state index in [0.29, 0.717) is 5.56 Å². The molecule has 0 aliphatic heterocycles. The van der Waals surface area contributed by atoms with Gasteiger partial charge < -0.3 is 9.40 Å². The van der Waals surface area contributed by atoms with Crippen molar-refractivity contribution >= 4 is 11.1 Å². The SMILES string of the molecule is CC(F)c1nc2oc(=O)cc(C3C[C@H]3c3ccccc3)c2c(=O)[nH]1. The van der Waals surface area contributed by atoms with Crippen LogP contribution in [0.5, 0.6) is 0 Å². The molecule has 0 spiro atoms. The maximum atomic E-state index is 13.4. The van der Waals surface area contributed by atoms with Crippen molar-refractivity contribution < 1.29 is 8.81 Å². The number of nitrogens with zero attached hydrogens (tertiary/aromatic N) is 1. The molecule has 24 heavy (non-hydrogen) atoms. The quantitative estimate of drug-likeness (QED) is 0.802. The molecule has 1 aromatic carbocycles. The molecule has 1 saturated carbocycles. The first kappa shape index (κ1) is 14.8. The van der Waals surface area contributed by atoms with E-state index < -0.39 is 17.4 Å². The summed E-state index contributed by atoms with van der Waals surface area (Å²) in [6.07, 6.45) is -0.599. The zero-order valence-corrected chi connectivity index (χ0v) is 13.0. The maximum Gasteiger partial charge on any atom is 0.337 e. The second-order valence-electron chi connectivity index (χ2n) is 6.13. The third kappa shape index (κ3) is 2.44. The Morgan fingerprint density at radius 1 is 1.25 bits per heavy atom. The third-order valence-electron chi connectivity index (χ3n) is 4.46. The second kappa shape index (κ2) is 5.40. The van der Waals surface area contributed by atoms with Gasteiger partial charge in [0.1, 0.15) is 11.2 Å². The Kier molecular flexibility index (Phi) is 3.33. The number of rotatable bonds is 3. The minimum atomic E-state index is -1.45. The highest BCUT2D eigenvalue weighted by atomic mass is 19.1. The van der Waals surface area contributed by atoms with E-state index >= 15 is 0 Å². The molecule has 2 heterocycles. The van der Waals surface area contributed by atoms with Crippen LogP contribution in [0.3, 0.4) is 0 Å². The first-order valence-corrected chi connectivity index (χ1v) is 7.81. The van der Waals surface area contributed by atoms with Gasteiger partial charge in [0, 0.05) is 6.07 Å². The predicted molar refractivity (Wildman–Crippen MR) is 87.0 cm³/mol. The monoisotopic (exact) mass is 326 g/mol. The van der Waals surface area contributed by atoms with Gasteiger partial charge in [-0.2, -0.15) is 4.98 Å². The summed E-state index contributed by atoms with van der Waals surface area (Å²) in [5, 5.41) is 0.238. The number of aromatic amines is 1. The number of fused-ring (bicyclic) bond motifs is 1. The summed E-state index contributed by atoms with van der Waals surface area (Å²) in [4.78, 5) is 30.7. The fraction of sp³-hybridized carbons (Fsp3) is 0.278. The molecule has 1 aliphatic rings. The molecule has 0 saturated heterocycles. The number of H-pyrrole nitrogens is 1. The van der Waals surface area contributed by atoms with E-state index in [9.17, 15) is 14.0 Å². The van der Waals surface area contributed by atoms with Crippen LogP contribution in [0.25, 0.3) is 11.1 Å². The molecule has 3 aromatic rings. The molecule has 5 nitrogen and oxygen atoms in total. The normalized spacial score (nSPS) is 20.9. The van der Waals surface area contributed by atoms with Gasteiger partial charge in [0.05, 0.1) is 0 Å². The molecule has 4 rings (SSSR count). The summed E-state index contributed by atoms with van der Waals surface area (Å²) >= 11 is 0. The summed E-state index contributed by atoms with van der Waals surface area (Å²) in [5.41, 5.74) is 0.646. The number of aromatic nitrogens is 2. The van der Waals surface area contributed by atoms with Crippen LogP contribution in [0, 0.1) is 0 Å². The number of halogens is 1. The minimum absolute atomic E-state index is 0.0653. The van der Waals surface area contributed by atoms with Crippen LogP contribution < -0.4 is 11.2 Å². The van der Waals surface area contributed by atoms with Crippen molar-refractivity contribution in [2.45, 2.75) is 31.4 Å². The van der Waals surface area contributed by atoms with Crippen LogP contribution in [0.15, 0.2) is 50.4 Å². The summed E-state index contributed by atoms with van der Waals surface area (Å²) in [7, 11) is 0. The lowest BCUT2D eigenvalue weighted by Crippen LogP contribution is -2.16. The topological polar surface area (TPSA) is 76.0 Å². The van der Waals surface area contributed by atoms with Crippen LogP contribution in [0.4, 0.5) is 4.39 Å². The van der Waals surface area contributed by atoms with Crippen LogP contribution in [-0.2, 0) is 0 Å². The molecule has 0 amide bonds. The summed E-state index contributed by atoms with van der Waals surface area (Å²) < 4.78 is 18.5. The van der Waals surface area contributed by atoms with Crippen molar-refractivity contribution in [1.82, 2.24) is 9.97 Å². The molecule has 2 unspecified atom stereocenters. The fourth-order valence-electron chi connectivity index (χ4n) is 3.21. The smallest absolute Gasteiger partial charge is 0.337 e. The van der Waals surface area contributed by atoms with Gasteiger partial charge in [-0.05, 0) is 36.3 Å². The molecule has 122 valence electrons. The van der Waals surface area contributed by atoms with Gasteiger partial charge in [-0.25, -0.2) is 9.18 Å². The molecule has 1 N–H and O–H groups in total. The molecular weight excluding hydrogens is 311 g/mol. The van der Waals surface area contributed by atoms with Crippen LogP contribution >= 0.6 is 0 Å². The maximum absolute atomic E-state index is 13.4.